The van der Waals surface area contributed by atoms with Gasteiger partial charge in [0.05, 0.1) is 30.4 Å². The number of ether oxygens (including phenoxy) is 1. The number of methoxy groups -OCH3 is 1. The van der Waals surface area contributed by atoms with Crippen LogP contribution in [-0.2, 0) is 11.3 Å². The zero-order valence-corrected chi connectivity index (χ0v) is 15.0. The molecule has 1 aromatic heterocycles. The first-order valence-corrected chi connectivity index (χ1v) is 8.38. The van der Waals surface area contributed by atoms with Gasteiger partial charge in [-0.2, -0.15) is 0 Å². The van der Waals surface area contributed by atoms with Crippen LogP contribution in [-0.4, -0.2) is 22.6 Å². The minimum absolute atomic E-state index is 0.0691. The maximum Gasteiger partial charge on any atom is 0.269 e. The lowest BCUT2D eigenvalue weighted by molar-refractivity contribution is -0.122. The lowest BCUT2D eigenvalue weighted by Gasteiger charge is -2.18. The van der Waals surface area contributed by atoms with E-state index in [4.69, 9.17) is 4.74 Å². The maximum atomic E-state index is 12.5. The minimum atomic E-state index is -0.306. The third-order valence-corrected chi connectivity index (χ3v) is 4.28. The Kier molecular flexibility index (Phi) is 5.02. The zero-order chi connectivity index (χ0) is 18.7. The molecule has 26 heavy (non-hydrogen) atoms. The zero-order valence-electron chi connectivity index (χ0n) is 15.0. The predicted octanol–water partition coefficient (Wildman–Crippen LogP) is 2.59. The van der Waals surface area contributed by atoms with Gasteiger partial charge in [0.1, 0.15) is 12.3 Å². The highest BCUT2D eigenvalue weighted by atomic mass is 16.5. The summed E-state index contributed by atoms with van der Waals surface area (Å²) in [6.45, 7) is 3.81. The molecule has 0 aliphatic carbocycles. The highest BCUT2D eigenvalue weighted by Gasteiger charge is 2.16. The van der Waals surface area contributed by atoms with Crippen molar-refractivity contribution in [3.8, 4) is 5.75 Å². The van der Waals surface area contributed by atoms with E-state index in [1.165, 1.54) is 10.8 Å². The molecule has 0 spiro atoms. The Hall–Kier alpha value is -3.15. The number of aryl methyl sites for hydroxylation is 1. The number of rotatable bonds is 5. The van der Waals surface area contributed by atoms with Gasteiger partial charge in [-0.25, -0.2) is 4.98 Å². The molecule has 1 atom stereocenters. The van der Waals surface area contributed by atoms with Gasteiger partial charge in [-0.05, 0) is 32.0 Å². The van der Waals surface area contributed by atoms with Crippen LogP contribution in [0.5, 0.6) is 5.75 Å². The molecule has 6 nitrogen and oxygen atoms in total. The molecule has 0 saturated heterocycles. The Bertz CT molecular complexity index is 1010. The summed E-state index contributed by atoms with van der Waals surface area (Å²) in [5.41, 5.74) is 2.98. The van der Waals surface area contributed by atoms with Gasteiger partial charge >= 0.3 is 0 Å². The van der Waals surface area contributed by atoms with Gasteiger partial charge in [-0.3, -0.25) is 14.2 Å². The molecule has 3 rings (SSSR count). The van der Waals surface area contributed by atoms with E-state index in [1.807, 2.05) is 50.2 Å². The van der Waals surface area contributed by atoms with Crippen molar-refractivity contribution in [3.05, 3.63) is 70.1 Å². The molecule has 134 valence electrons. The number of carbonyl (C=O) groups excluding carboxylic acids is 1. The Morgan fingerprint density at radius 2 is 2.04 bits per heavy atom. The molecule has 1 heterocycles. The molecule has 1 N–H and O–H groups in total. The fourth-order valence-corrected chi connectivity index (χ4v) is 2.98. The molecule has 3 aromatic rings. The number of amides is 1. The number of nitrogens with zero attached hydrogens (tertiary/aromatic N) is 2. The number of nitrogens with one attached hydrogen (secondary N) is 1. The normalized spacial score (nSPS) is 12.0. The van der Waals surface area contributed by atoms with E-state index >= 15 is 0 Å². The quantitative estimate of drug-likeness (QED) is 0.767. The third kappa shape index (κ3) is 3.59. The summed E-state index contributed by atoms with van der Waals surface area (Å²) in [5, 5.41) is 2.94. The molecule has 0 bridgehead atoms. The van der Waals surface area contributed by atoms with Gasteiger partial charge in [0, 0.05) is 5.56 Å². The second kappa shape index (κ2) is 7.39. The van der Waals surface area contributed by atoms with Crippen molar-refractivity contribution in [1.29, 1.82) is 0 Å². The van der Waals surface area contributed by atoms with E-state index in [0.29, 0.717) is 11.0 Å². The summed E-state index contributed by atoms with van der Waals surface area (Å²) in [4.78, 5) is 28.8. The van der Waals surface area contributed by atoms with Crippen LogP contribution < -0.4 is 15.6 Å². The standard InChI is InChI=1S/C20H21N3O3/c1-13-8-9-18(26-3)15(10-13)14(2)22-19(24)12-23-17-7-5-4-6-16(17)21-11-20(23)25/h4-11,14H,12H2,1-3H3,(H,22,24). The lowest BCUT2D eigenvalue weighted by atomic mass is 10.0. The second-order valence-electron chi connectivity index (χ2n) is 6.21. The molecule has 6 heteroatoms. The van der Waals surface area contributed by atoms with Gasteiger partial charge in [-0.15, -0.1) is 0 Å². The van der Waals surface area contributed by atoms with E-state index in [9.17, 15) is 9.59 Å². The summed E-state index contributed by atoms with van der Waals surface area (Å²) in [7, 11) is 1.60. The van der Waals surface area contributed by atoms with E-state index < -0.39 is 0 Å². The smallest absolute Gasteiger partial charge is 0.269 e. The first kappa shape index (κ1) is 17.7. The molecule has 0 radical (unpaired) electrons. The van der Waals surface area contributed by atoms with Crippen LogP contribution in [0.3, 0.4) is 0 Å². The summed E-state index contributed by atoms with van der Waals surface area (Å²) in [6, 6.07) is 12.8. The highest BCUT2D eigenvalue weighted by molar-refractivity contribution is 5.80. The van der Waals surface area contributed by atoms with Crippen molar-refractivity contribution >= 4 is 16.9 Å². The summed E-state index contributed by atoms with van der Waals surface area (Å²) < 4.78 is 6.81. The molecular formula is C20H21N3O3. The number of aromatic nitrogens is 2. The molecule has 1 unspecified atom stereocenters. The average molecular weight is 351 g/mol. The first-order chi connectivity index (χ1) is 12.5. The van der Waals surface area contributed by atoms with Crippen molar-refractivity contribution in [2.75, 3.05) is 7.11 Å². The van der Waals surface area contributed by atoms with Gasteiger partial charge in [0.15, 0.2) is 0 Å². The Morgan fingerprint density at radius 1 is 1.27 bits per heavy atom. The van der Waals surface area contributed by atoms with E-state index in [-0.39, 0.29) is 24.1 Å². The SMILES string of the molecule is COc1ccc(C)cc1C(C)NC(=O)Cn1c(=O)cnc2ccccc21. The maximum absolute atomic E-state index is 12.5. The molecule has 1 amide bonds. The lowest BCUT2D eigenvalue weighted by Crippen LogP contribution is -2.34. The number of hydrogen-bond acceptors (Lipinski definition) is 4. The predicted molar refractivity (Wildman–Crippen MR) is 100 cm³/mol. The topological polar surface area (TPSA) is 73.2 Å². The number of fused-ring (bicyclic) bond motifs is 1. The molecule has 0 aliphatic heterocycles. The summed E-state index contributed by atoms with van der Waals surface area (Å²) >= 11 is 0. The van der Waals surface area contributed by atoms with E-state index in [0.717, 1.165) is 16.9 Å². The fraction of sp³-hybridized carbons (Fsp3) is 0.250. The molecule has 0 saturated carbocycles. The number of hydrogen-bond donors (Lipinski definition) is 1. The van der Waals surface area contributed by atoms with Crippen molar-refractivity contribution in [2.45, 2.75) is 26.4 Å². The number of carbonyl (C=O) groups is 1. The molecule has 0 fully saturated rings. The first-order valence-electron chi connectivity index (χ1n) is 8.38. The number of benzene rings is 2. The number of para-hydroxylation sites is 2. The van der Waals surface area contributed by atoms with Crippen LogP contribution in [0.4, 0.5) is 0 Å². The van der Waals surface area contributed by atoms with Crippen LogP contribution in [0.15, 0.2) is 53.5 Å². The second-order valence-corrected chi connectivity index (χ2v) is 6.21. The summed E-state index contributed by atoms with van der Waals surface area (Å²) in [6.07, 6.45) is 1.24. The van der Waals surface area contributed by atoms with Crippen molar-refractivity contribution in [2.24, 2.45) is 0 Å². The third-order valence-electron chi connectivity index (χ3n) is 4.28. The van der Waals surface area contributed by atoms with Crippen LogP contribution in [0.1, 0.15) is 24.1 Å². The minimum Gasteiger partial charge on any atom is -0.496 e. The van der Waals surface area contributed by atoms with Crippen LogP contribution in [0.25, 0.3) is 11.0 Å². The Balaban J connectivity index is 1.83. The molecule has 0 aliphatic rings. The van der Waals surface area contributed by atoms with E-state index in [2.05, 4.69) is 10.3 Å². The molecular weight excluding hydrogens is 330 g/mol. The van der Waals surface area contributed by atoms with Gasteiger partial charge in [0.25, 0.3) is 5.56 Å². The Morgan fingerprint density at radius 3 is 2.81 bits per heavy atom. The highest BCUT2D eigenvalue weighted by Crippen LogP contribution is 2.26. The van der Waals surface area contributed by atoms with E-state index in [1.54, 1.807) is 13.2 Å². The monoisotopic (exact) mass is 351 g/mol. The Labute approximate surface area is 151 Å². The van der Waals surface area contributed by atoms with Crippen LogP contribution in [0, 0.1) is 6.92 Å². The average Bonchev–Trinajstić information content (AvgIpc) is 2.64. The van der Waals surface area contributed by atoms with Crippen molar-refractivity contribution in [1.82, 2.24) is 14.9 Å². The van der Waals surface area contributed by atoms with Crippen molar-refractivity contribution < 1.29 is 9.53 Å². The largest absolute Gasteiger partial charge is 0.496 e. The fourth-order valence-electron chi connectivity index (χ4n) is 2.98. The van der Waals surface area contributed by atoms with Crippen LogP contribution in [0.2, 0.25) is 0 Å². The van der Waals surface area contributed by atoms with Gasteiger partial charge in [0.2, 0.25) is 5.91 Å². The molecule has 2 aromatic carbocycles. The van der Waals surface area contributed by atoms with Gasteiger partial charge < -0.3 is 10.1 Å². The van der Waals surface area contributed by atoms with Crippen LogP contribution >= 0.6 is 0 Å². The van der Waals surface area contributed by atoms with Gasteiger partial charge in [-0.1, -0.05) is 29.8 Å². The summed E-state index contributed by atoms with van der Waals surface area (Å²) in [5.74, 6) is 0.467. The van der Waals surface area contributed by atoms with Crippen molar-refractivity contribution in [3.63, 3.8) is 0 Å².